The van der Waals surface area contributed by atoms with Crippen LogP contribution in [-0.2, 0) is 37.1 Å². The fourth-order valence-electron chi connectivity index (χ4n) is 6.33. The highest BCUT2D eigenvalue weighted by molar-refractivity contribution is 5.88. The summed E-state index contributed by atoms with van der Waals surface area (Å²) in [5, 5.41) is 18.7. The fourth-order valence-corrected chi connectivity index (χ4v) is 6.33. The largest absolute Gasteiger partial charge is 0.489 e. The lowest BCUT2D eigenvalue weighted by molar-refractivity contribution is -0.137. The molecule has 0 aliphatic heterocycles. The lowest BCUT2D eigenvalue weighted by atomic mass is 9.85. The number of aliphatic carboxylic acids is 1. The predicted octanol–water partition coefficient (Wildman–Crippen LogP) is 7.93. The number of para-hydroxylation sites is 1. The summed E-state index contributed by atoms with van der Waals surface area (Å²) in [4.78, 5) is 25.2. The molecular weight excluding hydrogens is 562 g/mol. The Morgan fingerprint density at radius 1 is 0.756 bits per heavy atom. The summed E-state index contributed by atoms with van der Waals surface area (Å²) in [5.41, 5.74) is 7.57. The lowest BCUT2D eigenvalue weighted by Crippen LogP contribution is -2.34. The molecule has 6 heteroatoms. The van der Waals surface area contributed by atoms with Crippen LogP contribution in [0.5, 0.6) is 5.75 Å². The zero-order valence-electron chi connectivity index (χ0n) is 25.9. The molecule has 0 saturated carbocycles. The Morgan fingerprint density at radius 2 is 1.47 bits per heavy atom. The number of hydrogen-bond donors (Lipinski definition) is 2. The molecule has 0 bridgehead atoms. The molecular formula is C39H43NO5. The Labute approximate surface area is 266 Å². The smallest absolute Gasteiger partial charge is 0.335 e. The topological polar surface area (TPSA) is 87.1 Å². The Kier molecular flexibility index (Phi) is 11.4. The second-order valence-electron chi connectivity index (χ2n) is 12.0. The number of benzene rings is 4. The molecule has 45 heavy (non-hydrogen) atoms. The third kappa shape index (κ3) is 9.29. The third-order valence-electron chi connectivity index (χ3n) is 8.80. The van der Waals surface area contributed by atoms with E-state index in [0.717, 1.165) is 80.5 Å². The van der Waals surface area contributed by atoms with Gasteiger partial charge in [0, 0.05) is 19.0 Å². The minimum Gasteiger partial charge on any atom is -0.489 e. The van der Waals surface area contributed by atoms with Crippen molar-refractivity contribution >= 4 is 11.9 Å². The number of carboxylic acid groups (broad SMARTS) is 2. The van der Waals surface area contributed by atoms with Gasteiger partial charge in [-0.3, -0.25) is 9.69 Å². The Balaban J connectivity index is 1.22. The van der Waals surface area contributed by atoms with Gasteiger partial charge < -0.3 is 14.9 Å². The molecule has 0 heterocycles. The molecule has 0 saturated heterocycles. The molecule has 1 aliphatic carbocycles. The number of carbonyl (C=O) groups is 2. The Morgan fingerprint density at radius 3 is 2.22 bits per heavy atom. The van der Waals surface area contributed by atoms with Gasteiger partial charge in [-0.15, -0.1) is 0 Å². The van der Waals surface area contributed by atoms with E-state index in [1.165, 1.54) is 16.7 Å². The first-order valence-corrected chi connectivity index (χ1v) is 16.1. The first kappa shape index (κ1) is 32.0. The summed E-state index contributed by atoms with van der Waals surface area (Å²) >= 11 is 0. The first-order valence-electron chi connectivity index (χ1n) is 16.1. The monoisotopic (exact) mass is 605 g/mol. The third-order valence-corrected chi connectivity index (χ3v) is 8.80. The first-order chi connectivity index (χ1) is 22.0. The van der Waals surface area contributed by atoms with E-state index >= 15 is 0 Å². The Hall–Kier alpha value is -4.42. The number of unbranched alkanes of at least 4 members (excludes halogenated alkanes) is 1. The highest BCUT2D eigenvalue weighted by atomic mass is 16.5. The fraction of sp³-hybridized carbons (Fsp3) is 0.333. The van der Waals surface area contributed by atoms with E-state index in [4.69, 9.17) is 9.84 Å². The molecule has 1 atom stereocenters. The number of aromatic carboxylic acids is 1. The van der Waals surface area contributed by atoms with Crippen LogP contribution in [0.1, 0.15) is 81.9 Å². The van der Waals surface area contributed by atoms with Gasteiger partial charge in [0.25, 0.3) is 0 Å². The van der Waals surface area contributed by atoms with Gasteiger partial charge in [0.15, 0.2) is 0 Å². The number of rotatable bonds is 16. The van der Waals surface area contributed by atoms with Gasteiger partial charge in [-0.25, -0.2) is 4.79 Å². The highest BCUT2D eigenvalue weighted by Crippen LogP contribution is 2.35. The van der Waals surface area contributed by atoms with E-state index in [0.29, 0.717) is 18.6 Å². The average Bonchev–Trinajstić information content (AvgIpc) is 3.07. The molecule has 0 aromatic heterocycles. The van der Waals surface area contributed by atoms with E-state index in [2.05, 4.69) is 59.5 Å². The SMILES string of the molecule is O=C(O)CCCCN(CCc1ccccc1OCc1ccc(CCc2ccccc2)cc1)[C@@H]1CCCc2cc(C(=O)O)ccc21. The lowest BCUT2D eigenvalue weighted by Gasteiger charge is -2.36. The summed E-state index contributed by atoms with van der Waals surface area (Å²) in [7, 11) is 0. The van der Waals surface area contributed by atoms with E-state index in [-0.39, 0.29) is 12.5 Å². The van der Waals surface area contributed by atoms with Crippen molar-refractivity contribution in [2.75, 3.05) is 13.1 Å². The van der Waals surface area contributed by atoms with Crippen LogP contribution >= 0.6 is 0 Å². The number of aryl methyl sites for hydroxylation is 3. The van der Waals surface area contributed by atoms with Crippen molar-refractivity contribution in [1.29, 1.82) is 0 Å². The van der Waals surface area contributed by atoms with Gasteiger partial charge in [-0.05, 0) is 109 Å². The van der Waals surface area contributed by atoms with Crippen molar-refractivity contribution in [2.45, 2.75) is 70.4 Å². The van der Waals surface area contributed by atoms with Gasteiger partial charge in [-0.2, -0.15) is 0 Å². The molecule has 234 valence electrons. The van der Waals surface area contributed by atoms with Crippen LogP contribution in [0.25, 0.3) is 0 Å². The average molecular weight is 606 g/mol. The maximum atomic E-state index is 11.6. The zero-order chi connectivity index (χ0) is 31.4. The minimum atomic E-state index is -0.902. The van der Waals surface area contributed by atoms with Crippen molar-refractivity contribution in [3.05, 3.63) is 136 Å². The van der Waals surface area contributed by atoms with Crippen LogP contribution in [0.3, 0.4) is 0 Å². The maximum Gasteiger partial charge on any atom is 0.335 e. The number of nitrogens with zero attached hydrogens (tertiary/aromatic N) is 1. The van der Waals surface area contributed by atoms with E-state index in [1.54, 1.807) is 6.07 Å². The number of fused-ring (bicyclic) bond motifs is 1. The van der Waals surface area contributed by atoms with Crippen molar-refractivity contribution in [1.82, 2.24) is 4.90 Å². The maximum absolute atomic E-state index is 11.6. The molecule has 0 unspecified atom stereocenters. The molecule has 0 spiro atoms. The van der Waals surface area contributed by atoms with Crippen molar-refractivity contribution < 1.29 is 24.5 Å². The number of ether oxygens (including phenoxy) is 1. The zero-order valence-corrected chi connectivity index (χ0v) is 25.9. The molecule has 0 radical (unpaired) electrons. The molecule has 2 N–H and O–H groups in total. The van der Waals surface area contributed by atoms with Crippen LogP contribution in [0.4, 0.5) is 0 Å². The molecule has 6 nitrogen and oxygen atoms in total. The quantitative estimate of drug-likeness (QED) is 0.126. The summed E-state index contributed by atoms with van der Waals surface area (Å²) in [6, 6.07) is 33.1. The van der Waals surface area contributed by atoms with Crippen LogP contribution in [-0.4, -0.2) is 40.1 Å². The molecule has 1 aliphatic rings. The second kappa shape index (κ2) is 16.1. The molecule has 0 amide bonds. The Bertz CT molecular complexity index is 1550. The summed E-state index contributed by atoms with van der Waals surface area (Å²) in [6.07, 6.45) is 7.30. The van der Waals surface area contributed by atoms with Gasteiger partial charge in [0.2, 0.25) is 0 Å². The molecule has 4 aromatic carbocycles. The van der Waals surface area contributed by atoms with Crippen LogP contribution in [0, 0.1) is 0 Å². The van der Waals surface area contributed by atoms with E-state index in [9.17, 15) is 14.7 Å². The second-order valence-corrected chi connectivity index (χ2v) is 12.0. The van der Waals surface area contributed by atoms with Gasteiger partial charge >= 0.3 is 11.9 Å². The number of carboxylic acids is 2. The minimum absolute atomic E-state index is 0.168. The highest BCUT2D eigenvalue weighted by Gasteiger charge is 2.26. The molecule has 5 rings (SSSR count). The van der Waals surface area contributed by atoms with E-state index in [1.807, 2.05) is 36.4 Å². The van der Waals surface area contributed by atoms with Gasteiger partial charge in [0.1, 0.15) is 12.4 Å². The van der Waals surface area contributed by atoms with Crippen molar-refractivity contribution in [3.63, 3.8) is 0 Å². The summed E-state index contributed by atoms with van der Waals surface area (Å²) in [6.45, 7) is 2.09. The van der Waals surface area contributed by atoms with Crippen LogP contribution < -0.4 is 4.74 Å². The van der Waals surface area contributed by atoms with Gasteiger partial charge in [-0.1, -0.05) is 78.9 Å². The predicted molar refractivity (Wildman–Crippen MR) is 177 cm³/mol. The summed E-state index contributed by atoms with van der Waals surface area (Å²) in [5.74, 6) is -0.786. The van der Waals surface area contributed by atoms with Crippen molar-refractivity contribution in [3.8, 4) is 5.75 Å². The summed E-state index contributed by atoms with van der Waals surface area (Å²) < 4.78 is 6.35. The normalized spacial score (nSPS) is 14.2. The molecule has 0 fully saturated rings. The molecule has 4 aromatic rings. The van der Waals surface area contributed by atoms with E-state index < -0.39 is 11.9 Å². The standard InChI is InChI=1S/C39H43NO5/c41-38(42)15-6-7-25-40(36-13-8-12-33-27-34(39(43)44)22-23-35(33)36)26-24-32-11-4-5-14-37(32)45-28-31-20-18-30(19-21-31)17-16-29-9-2-1-3-10-29/h1-5,9-11,14,18-23,27,36H,6-8,12-13,15-17,24-26,28H2,(H,41,42)(H,43,44)/t36-/m1/s1. The van der Waals surface area contributed by atoms with Crippen molar-refractivity contribution in [2.24, 2.45) is 0 Å². The van der Waals surface area contributed by atoms with Crippen LogP contribution in [0.2, 0.25) is 0 Å². The number of hydrogen-bond acceptors (Lipinski definition) is 4. The van der Waals surface area contributed by atoms with Crippen LogP contribution in [0.15, 0.2) is 97.1 Å². The van der Waals surface area contributed by atoms with Gasteiger partial charge in [0.05, 0.1) is 5.56 Å².